The fraction of sp³-hybridized carbons (Fsp3) is 0.0625. The van der Waals surface area contributed by atoms with Gasteiger partial charge >= 0.3 is 0 Å². The predicted octanol–water partition coefficient (Wildman–Crippen LogP) is 3.71. The Bertz CT molecular complexity index is 755. The second-order valence-electron chi connectivity index (χ2n) is 4.71. The molecule has 1 atom stereocenters. The van der Waals surface area contributed by atoms with Crippen LogP contribution < -0.4 is 5.73 Å². The van der Waals surface area contributed by atoms with Crippen molar-refractivity contribution in [1.82, 2.24) is 9.78 Å². The highest BCUT2D eigenvalue weighted by Crippen LogP contribution is 2.24. The van der Waals surface area contributed by atoms with Crippen LogP contribution in [0.2, 0.25) is 5.02 Å². The van der Waals surface area contributed by atoms with Gasteiger partial charge in [0.05, 0.1) is 22.9 Å². The van der Waals surface area contributed by atoms with Crippen molar-refractivity contribution in [2.75, 3.05) is 0 Å². The first-order chi connectivity index (χ1) is 10.1. The Labute approximate surface area is 126 Å². The molecule has 0 radical (unpaired) electrons. The quantitative estimate of drug-likeness (QED) is 0.801. The summed E-state index contributed by atoms with van der Waals surface area (Å²) in [5.41, 5.74) is 8.72. The van der Waals surface area contributed by atoms with Crippen molar-refractivity contribution in [2.24, 2.45) is 5.73 Å². The van der Waals surface area contributed by atoms with Gasteiger partial charge in [0.15, 0.2) is 0 Å². The van der Waals surface area contributed by atoms with E-state index in [4.69, 9.17) is 17.3 Å². The van der Waals surface area contributed by atoms with E-state index in [0.29, 0.717) is 0 Å². The monoisotopic (exact) mass is 301 g/mol. The summed E-state index contributed by atoms with van der Waals surface area (Å²) in [5.74, 6) is -0.451. The van der Waals surface area contributed by atoms with Gasteiger partial charge in [0.2, 0.25) is 0 Å². The molecule has 21 heavy (non-hydrogen) atoms. The maximum absolute atomic E-state index is 13.2. The number of aromatic nitrogens is 2. The molecule has 2 N–H and O–H groups in total. The van der Waals surface area contributed by atoms with E-state index in [9.17, 15) is 4.39 Å². The predicted molar refractivity (Wildman–Crippen MR) is 81.0 cm³/mol. The van der Waals surface area contributed by atoms with Crippen LogP contribution in [0.25, 0.3) is 5.69 Å². The number of nitrogens with two attached hydrogens (primary N) is 1. The van der Waals surface area contributed by atoms with Crippen LogP contribution >= 0.6 is 11.6 Å². The Morgan fingerprint density at radius 1 is 1.10 bits per heavy atom. The van der Waals surface area contributed by atoms with E-state index in [1.54, 1.807) is 23.0 Å². The van der Waals surface area contributed by atoms with Gasteiger partial charge in [-0.3, -0.25) is 0 Å². The molecular formula is C16H13ClFN3. The van der Waals surface area contributed by atoms with Gasteiger partial charge in [0.1, 0.15) is 5.82 Å². The Kier molecular flexibility index (Phi) is 3.73. The van der Waals surface area contributed by atoms with Crippen molar-refractivity contribution < 1.29 is 4.39 Å². The average Bonchev–Trinajstić information content (AvgIpc) is 3.00. The molecule has 0 aliphatic heterocycles. The maximum atomic E-state index is 13.2. The minimum atomic E-state index is -0.451. The van der Waals surface area contributed by atoms with Crippen molar-refractivity contribution in [2.45, 2.75) is 6.04 Å². The summed E-state index contributed by atoms with van der Waals surface area (Å²) < 4.78 is 15.0. The molecule has 0 saturated carbocycles. The molecule has 0 saturated heterocycles. The number of rotatable bonds is 3. The van der Waals surface area contributed by atoms with Crippen molar-refractivity contribution >= 4 is 11.6 Å². The first-order valence-corrected chi connectivity index (χ1v) is 6.83. The molecule has 0 spiro atoms. The summed E-state index contributed by atoms with van der Waals surface area (Å²) >= 11 is 5.80. The van der Waals surface area contributed by atoms with Crippen molar-refractivity contribution in [1.29, 1.82) is 0 Å². The number of para-hydroxylation sites is 1. The first kappa shape index (κ1) is 13.8. The Morgan fingerprint density at radius 2 is 1.86 bits per heavy atom. The summed E-state index contributed by atoms with van der Waals surface area (Å²) in [6, 6.07) is 13.8. The largest absolute Gasteiger partial charge is 0.320 e. The number of hydrogen-bond acceptors (Lipinski definition) is 2. The lowest BCUT2D eigenvalue weighted by molar-refractivity contribution is 0.627. The molecule has 1 aromatic heterocycles. The third-order valence-electron chi connectivity index (χ3n) is 3.29. The van der Waals surface area contributed by atoms with Gasteiger partial charge in [0, 0.05) is 11.8 Å². The number of nitrogens with zero attached hydrogens (tertiary/aromatic N) is 2. The third-order valence-corrected chi connectivity index (χ3v) is 3.57. The molecular weight excluding hydrogens is 289 g/mol. The third kappa shape index (κ3) is 2.82. The van der Waals surface area contributed by atoms with Gasteiger partial charge in [-0.25, -0.2) is 9.07 Å². The van der Waals surface area contributed by atoms with Crippen LogP contribution in [0.4, 0.5) is 4.39 Å². The standard InChI is InChI=1S/C16H13ClFN3/c17-14-8-11(6-7-15(14)18)16(19)12-9-20-21(10-12)13-4-2-1-3-5-13/h1-10,16H,19H2. The minimum Gasteiger partial charge on any atom is -0.320 e. The van der Waals surface area contributed by atoms with E-state index < -0.39 is 11.9 Å². The lowest BCUT2D eigenvalue weighted by Gasteiger charge is -2.10. The highest BCUT2D eigenvalue weighted by Gasteiger charge is 2.13. The van der Waals surface area contributed by atoms with Crippen LogP contribution in [0.1, 0.15) is 17.2 Å². The van der Waals surface area contributed by atoms with Crippen molar-refractivity contribution in [3.63, 3.8) is 0 Å². The van der Waals surface area contributed by atoms with E-state index >= 15 is 0 Å². The summed E-state index contributed by atoms with van der Waals surface area (Å²) in [6.45, 7) is 0. The smallest absolute Gasteiger partial charge is 0.141 e. The van der Waals surface area contributed by atoms with E-state index in [1.807, 2.05) is 36.5 Å². The zero-order chi connectivity index (χ0) is 14.8. The minimum absolute atomic E-state index is 0.0680. The van der Waals surface area contributed by atoms with E-state index in [-0.39, 0.29) is 5.02 Å². The van der Waals surface area contributed by atoms with Crippen LogP contribution in [-0.2, 0) is 0 Å². The molecule has 3 rings (SSSR count). The molecule has 0 bridgehead atoms. The van der Waals surface area contributed by atoms with Crippen LogP contribution in [0.5, 0.6) is 0 Å². The lowest BCUT2D eigenvalue weighted by atomic mass is 10.0. The average molecular weight is 302 g/mol. The van der Waals surface area contributed by atoms with Crippen LogP contribution in [-0.4, -0.2) is 9.78 Å². The van der Waals surface area contributed by atoms with Gasteiger partial charge in [-0.15, -0.1) is 0 Å². The second kappa shape index (κ2) is 5.68. The maximum Gasteiger partial charge on any atom is 0.141 e. The van der Waals surface area contributed by atoms with E-state index in [0.717, 1.165) is 16.8 Å². The van der Waals surface area contributed by atoms with E-state index in [2.05, 4.69) is 5.10 Å². The van der Waals surface area contributed by atoms with Crippen molar-refractivity contribution in [3.8, 4) is 5.69 Å². The molecule has 0 amide bonds. The Morgan fingerprint density at radius 3 is 2.57 bits per heavy atom. The molecule has 0 aliphatic rings. The highest BCUT2D eigenvalue weighted by molar-refractivity contribution is 6.30. The molecule has 3 aromatic rings. The second-order valence-corrected chi connectivity index (χ2v) is 5.11. The first-order valence-electron chi connectivity index (χ1n) is 6.45. The molecule has 0 aliphatic carbocycles. The summed E-state index contributed by atoms with van der Waals surface area (Å²) in [7, 11) is 0. The van der Waals surface area contributed by atoms with Crippen LogP contribution in [0, 0.1) is 5.82 Å². The fourth-order valence-electron chi connectivity index (χ4n) is 2.12. The van der Waals surface area contributed by atoms with Gasteiger partial charge in [0.25, 0.3) is 0 Å². The zero-order valence-corrected chi connectivity index (χ0v) is 11.8. The number of halogens is 2. The lowest BCUT2D eigenvalue weighted by Crippen LogP contribution is -2.11. The van der Waals surface area contributed by atoms with Gasteiger partial charge in [-0.1, -0.05) is 35.9 Å². The zero-order valence-electron chi connectivity index (χ0n) is 11.1. The molecule has 1 heterocycles. The SMILES string of the molecule is NC(c1ccc(F)c(Cl)c1)c1cnn(-c2ccccc2)c1. The van der Waals surface area contributed by atoms with Gasteiger partial charge < -0.3 is 5.73 Å². The fourth-order valence-corrected chi connectivity index (χ4v) is 2.31. The highest BCUT2D eigenvalue weighted by atomic mass is 35.5. The molecule has 106 valence electrons. The van der Waals surface area contributed by atoms with E-state index in [1.165, 1.54) is 6.07 Å². The molecule has 5 heteroatoms. The summed E-state index contributed by atoms with van der Waals surface area (Å²) in [5, 5.41) is 4.37. The normalized spacial score (nSPS) is 12.3. The molecule has 3 nitrogen and oxygen atoms in total. The molecule has 1 unspecified atom stereocenters. The molecule has 0 fully saturated rings. The van der Waals surface area contributed by atoms with Crippen molar-refractivity contribution in [3.05, 3.63) is 82.9 Å². The number of hydrogen-bond donors (Lipinski definition) is 1. The summed E-state index contributed by atoms with van der Waals surface area (Å²) in [4.78, 5) is 0. The van der Waals surface area contributed by atoms with Crippen LogP contribution in [0.3, 0.4) is 0 Å². The van der Waals surface area contributed by atoms with Crippen LogP contribution in [0.15, 0.2) is 60.9 Å². The Hall–Kier alpha value is -2.17. The van der Waals surface area contributed by atoms with Gasteiger partial charge in [-0.2, -0.15) is 5.10 Å². The summed E-state index contributed by atoms with van der Waals surface area (Å²) in [6.07, 6.45) is 3.56. The number of benzene rings is 2. The van der Waals surface area contributed by atoms with Gasteiger partial charge in [-0.05, 0) is 29.8 Å². The topological polar surface area (TPSA) is 43.8 Å². The molecule has 2 aromatic carbocycles. The Balaban J connectivity index is 1.90.